The Labute approximate surface area is 121 Å². The van der Waals surface area contributed by atoms with Crippen LogP contribution in [0.25, 0.3) is 0 Å². The number of furan rings is 1. The minimum absolute atomic E-state index is 0.230. The maximum atomic E-state index is 11.7. The first-order chi connectivity index (χ1) is 10.2. The number of carbonyl (C=O) groups excluding carboxylic acids is 2. The molecule has 0 unspecified atom stereocenters. The van der Waals surface area contributed by atoms with Crippen LogP contribution in [0.3, 0.4) is 0 Å². The fraction of sp³-hybridized carbons (Fsp3) is 0.133. The summed E-state index contributed by atoms with van der Waals surface area (Å²) in [5.74, 6) is -0.286. The van der Waals surface area contributed by atoms with Crippen LogP contribution in [0.15, 0.2) is 47.1 Å². The zero-order valence-electron chi connectivity index (χ0n) is 11.1. The molecule has 0 bridgehead atoms. The molecule has 1 aromatic carbocycles. The van der Waals surface area contributed by atoms with Crippen molar-refractivity contribution in [3.63, 3.8) is 0 Å². The second-order valence-electron chi connectivity index (χ2n) is 4.24. The number of amides is 2. The van der Waals surface area contributed by atoms with Gasteiger partial charge in [0.05, 0.1) is 24.1 Å². The number of anilines is 1. The monoisotopic (exact) mass is 283 g/mol. The highest BCUT2D eigenvalue weighted by Crippen LogP contribution is 2.13. The molecule has 2 amide bonds. The van der Waals surface area contributed by atoms with Gasteiger partial charge in [0.2, 0.25) is 11.8 Å². The van der Waals surface area contributed by atoms with E-state index in [1.54, 1.807) is 36.4 Å². The minimum atomic E-state index is -0.477. The van der Waals surface area contributed by atoms with E-state index >= 15 is 0 Å². The van der Waals surface area contributed by atoms with Gasteiger partial charge in [-0.25, -0.2) is 0 Å². The fourth-order valence-corrected chi connectivity index (χ4v) is 1.69. The summed E-state index contributed by atoms with van der Waals surface area (Å²) in [5.41, 5.74) is 0.741. The SMILES string of the molecule is N#Cc1ccccc1NC(=O)CC(=O)NCc1ccco1. The number of carbonyl (C=O) groups is 2. The third-order valence-corrected chi connectivity index (χ3v) is 2.68. The van der Waals surface area contributed by atoms with Gasteiger partial charge in [0.25, 0.3) is 0 Å². The second kappa shape index (κ2) is 6.91. The molecule has 1 heterocycles. The summed E-state index contributed by atoms with van der Waals surface area (Å²) in [5, 5.41) is 14.0. The number of para-hydroxylation sites is 1. The van der Waals surface area contributed by atoms with Gasteiger partial charge in [0, 0.05) is 0 Å². The van der Waals surface area contributed by atoms with Gasteiger partial charge in [0.15, 0.2) is 0 Å². The molecule has 1 aromatic heterocycles. The van der Waals surface area contributed by atoms with E-state index in [9.17, 15) is 9.59 Å². The maximum Gasteiger partial charge on any atom is 0.233 e. The molecule has 106 valence electrons. The molecule has 2 rings (SSSR count). The Morgan fingerprint density at radius 3 is 2.67 bits per heavy atom. The molecule has 0 fully saturated rings. The molecule has 6 nitrogen and oxygen atoms in total. The lowest BCUT2D eigenvalue weighted by Crippen LogP contribution is -2.27. The summed E-state index contributed by atoms with van der Waals surface area (Å²) >= 11 is 0. The average Bonchev–Trinajstić information content (AvgIpc) is 2.99. The molecule has 0 radical (unpaired) electrons. The number of nitrogens with zero attached hydrogens (tertiary/aromatic N) is 1. The summed E-state index contributed by atoms with van der Waals surface area (Å²) in [4.78, 5) is 23.4. The quantitative estimate of drug-likeness (QED) is 0.818. The topological polar surface area (TPSA) is 95.1 Å². The van der Waals surface area contributed by atoms with E-state index in [-0.39, 0.29) is 13.0 Å². The fourth-order valence-electron chi connectivity index (χ4n) is 1.69. The molecule has 0 saturated heterocycles. The minimum Gasteiger partial charge on any atom is -0.467 e. The molecule has 21 heavy (non-hydrogen) atoms. The molecule has 0 spiro atoms. The van der Waals surface area contributed by atoms with Crippen molar-refractivity contribution in [2.75, 3.05) is 5.32 Å². The van der Waals surface area contributed by atoms with E-state index in [1.807, 2.05) is 6.07 Å². The lowest BCUT2D eigenvalue weighted by Gasteiger charge is -2.07. The Hall–Kier alpha value is -3.07. The smallest absolute Gasteiger partial charge is 0.233 e. The standard InChI is InChI=1S/C15H13N3O3/c16-9-11-4-1-2-6-13(11)18-15(20)8-14(19)17-10-12-5-3-7-21-12/h1-7H,8,10H2,(H,17,19)(H,18,20). The number of hydrogen-bond acceptors (Lipinski definition) is 4. The van der Waals surface area contributed by atoms with Crippen molar-refractivity contribution in [3.05, 3.63) is 54.0 Å². The van der Waals surface area contributed by atoms with Crippen molar-refractivity contribution in [1.82, 2.24) is 5.32 Å². The molecule has 6 heteroatoms. The average molecular weight is 283 g/mol. The van der Waals surface area contributed by atoms with Crippen LogP contribution in [0.4, 0.5) is 5.69 Å². The molecule has 0 aliphatic carbocycles. The van der Waals surface area contributed by atoms with E-state index in [4.69, 9.17) is 9.68 Å². The van der Waals surface area contributed by atoms with Gasteiger partial charge < -0.3 is 15.1 Å². The molecule has 2 N–H and O–H groups in total. The number of hydrogen-bond donors (Lipinski definition) is 2. The van der Waals surface area contributed by atoms with Crippen molar-refractivity contribution in [2.45, 2.75) is 13.0 Å². The van der Waals surface area contributed by atoms with Crippen molar-refractivity contribution in [2.24, 2.45) is 0 Å². The Morgan fingerprint density at radius 1 is 1.14 bits per heavy atom. The van der Waals surface area contributed by atoms with Crippen LogP contribution < -0.4 is 10.6 Å². The summed E-state index contributed by atoms with van der Waals surface area (Å²) < 4.78 is 5.06. The zero-order chi connectivity index (χ0) is 15.1. The summed E-state index contributed by atoms with van der Waals surface area (Å²) in [6, 6.07) is 12.0. The number of nitriles is 1. The third-order valence-electron chi connectivity index (χ3n) is 2.68. The Balaban J connectivity index is 1.84. The predicted octanol–water partition coefficient (Wildman–Crippen LogP) is 1.80. The molecular formula is C15H13N3O3. The van der Waals surface area contributed by atoms with Crippen molar-refractivity contribution >= 4 is 17.5 Å². The first kappa shape index (κ1) is 14.3. The van der Waals surface area contributed by atoms with Gasteiger partial charge in [-0.1, -0.05) is 12.1 Å². The molecule has 0 aliphatic rings. The highest BCUT2D eigenvalue weighted by atomic mass is 16.3. The molecule has 2 aromatic rings. The van der Waals surface area contributed by atoms with Gasteiger partial charge in [-0.15, -0.1) is 0 Å². The number of rotatable bonds is 5. The summed E-state index contributed by atoms with van der Waals surface area (Å²) in [6.07, 6.45) is 1.19. The van der Waals surface area contributed by atoms with Crippen LogP contribution in [0, 0.1) is 11.3 Å². The Kier molecular flexibility index (Phi) is 4.72. The van der Waals surface area contributed by atoms with Crippen LogP contribution in [0.2, 0.25) is 0 Å². The maximum absolute atomic E-state index is 11.7. The van der Waals surface area contributed by atoms with Gasteiger partial charge >= 0.3 is 0 Å². The first-order valence-corrected chi connectivity index (χ1v) is 6.27. The van der Waals surface area contributed by atoms with Crippen LogP contribution in [0.5, 0.6) is 0 Å². The highest BCUT2D eigenvalue weighted by molar-refractivity contribution is 6.04. The molecular weight excluding hydrogens is 270 g/mol. The molecule has 0 atom stereocenters. The van der Waals surface area contributed by atoms with E-state index in [0.717, 1.165) is 0 Å². The van der Waals surface area contributed by atoms with Crippen LogP contribution in [-0.4, -0.2) is 11.8 Å². The Morgan fingerprint density at radius 2 is 1.95 bits per heavy atom. The normalized spacial score (nSPS) is 9.67. The molecule has 0 aliphatic heterocycles. The van der Waals surface area contributed by atoms with E-state index < -0.39 is 11.8 Å². The van der Waals surface area contributed by atoms with E-state index in [1.165, 1.54) is 6.26 Å². The largest absolute Gasteiger partial charge is 0.467 e. The number of nitrogens with one attached hydrogen (secondary N) is 2. The molecule has 0 saturated carbocycles. The zero-order valence-corrected chi connectivity index (χ0v) is 11.1. The van der Waals surface area contributed by atoms with Crippen LogP contribution >= 0.6 is 0 Å². The van der Waals surface area contributed by atoms with Crippen LogP contribution in [-0.2, 0) is 16.1 Å². The predicted molar refractivity (Wildman–Crippen MR) is 75.0 cm³/mol. The summed E-state index contributed by atoms with van der Waals surface area (Å²) in [7, 11) is 0. The Bertz CT molecular complexity index is 672. The van der Waals surface area contributed by atoms with Gasteiger partial charge in [-0.2, -0.15) is 5.26 Å². The van der Waals surface area contributed by atoms with Crippen LogP contribution in [0.1, 0.15) is 17.7 Å². The third kappa shape index (κ3) is 4.21. The first-order valence-electron chi connectivity index (χ1n) is 6.27. The lowest BCUT2D eigenvalue weighted by atomic mass is 10.2. The second-order valence-corrected chi connectivity index (χ2v) is 4.24. The highest BCUT2D eigenvalue weighted by Gasteiger charge is 2.11. The van der Waals surface area contributed by atoms with Gasteiger partial charge in [-0.05, 0) is 24.3 Å². The van der Waals surface area contributed by atoms with Crippen molar-refractivity contribution in [1.29, 1.82) is 5.26 Å². The van der Waals surface area contributed by atoms with Crippen molar-refractivity contribution in [3.8, 4) is 6.07 Å². The summed E-state index contributed by atoms with van der Waals surface area (Å²) in [6.45, 7) is 0.230. The number of benzene rings is 1. The van der Waals surface area contributed by atoms with Crippen molar-refractivity contribution < 1.29 is 14.0 Å². The van der Waals surface area contributed by atoms with E-state index in [2.05, 4.69) is 10.6 Å². The lowest BCUT2D eigenvalue weighted by molar-refractivity contribution is -0.127. The van der Waals surface area contributed by atoms with Gasteiger partial charge in [-0.3, -0.25) is 9.59 Å². The van der Waals surface area contributed by atoms with E-state index in [0.29, 0.717) is 17.0 Å². The van der Waals surface area contributed by atoms with Gasteiger partial charge in [0.1, 0.15) is 18.3 Å².